The van der Waals surface area contributed by atoms with Crippen molar-refractivity contribution in [3.05, 3.63) is 0 Å². The van der Waals surface area contributed by atoms with Gasteiger partial charge in [-0.1, -0.05) is 0 Å². The number of aliphatic hydroxyl groups excluding tert-OH is 5. The van der Waals surface area contributed by atoms with Crippen LogP contribution in [0, 0.1) is 0 Å². The van der Waals surface area contributed by atoms with E-state index in [1.54, 1.807) is 6.92 Å². The molecule has 0 fully saturated rings. The minimum absolute atomic E-state index is 0.444. The predicted octanol–water partition coefficient (Wildman–Crippen LogP) is 4.50. The van der Waals surface area contributed by atoms with Crippen molar-refractivity contribution in [2.75, 3.05) is 59.3 Å². The van der Waals surface area contributed by atoms with Gasteiger partial charge in [-0.05, 0) is 132 Å². The maximum atomic E-state index is 10.8. The van der Waals surface area contributed by atoms with Gasteiger partial charge in [0.1, 0.15) is 0 Å². The van der Waals surface area contributed by atoms with E-state index >= 15 is 0 Å². The summed E-state index contributed by atoms with van der Waals surface area (Å²) in [5, 5.41) is 51.1. The van der Waals surface area contributed by atoms with Crippen molar-refractivity contribution in [2.24, 2.45) is 0 Å². The number of hydrogen-bond donors (Lipinski definition) is 5. The van der Waals surface area contributed by atoms with Crippen molar-refractivity contribution < 1.29 is 52.1 Å². The molecule has 48 heavy (non-hydrogen) atoms. The molecule has 0 spiro atoms. The van der Waals surface area contributed by atoms with E-state index in [1.165, 1.54) is 0 Å². The Labute approximate surface area is 295 Å². The van der Waals surface area contributed by atoms with Crippen LogP contribution < -0.4 is 0 Å². The standard InChI is InChI=1S/C34H75NO11Si2/c1-8-41-47(42-9-2,43-10-3)28-14-25-35(26-15-29-48(44-11-4,45-12-5)46-13-6)27-24-34(40)23-22-33(39)21-20-32(38)19-18-31(37)17-16-30(7)36/h30-34,36-40H,8-29H2,1-7H3. The fourth-order valence-corrected chi connectivity index (χ4v) is 11.1. The Balaban J connectivity index is 5.06. The van der Waals surface area contributed by atoms with Crippen LogP contribution in [0.1, 0.15) is 119 Å². The van der Waals surface area contributed by atoms with Crippen molar-refractivity contribution in [2.45, 2.75) is 162 Å². The van der Waals surface area contributed by atoms with Gasteiger partial charge in [0.2, 0.25) is 0 Å². The quantitative estimate of drug-likeness (QED) is 0.0583. The van der Waals surface area contributed by atoms with Gasteiger partial charge in [0.15, 0.2) is 0 Å². The summed E-state index contributed by atoms with van der Waals surface area (Å²) in [7, 11) is -5.51. The highest BCUT2D eigenvalue weighted by Crippen LogP contribution is 2.22. The minimum atomic E-state index is -2.76. The number of hydrogen-bond acceptors (Lipinski definition) is 12. The first-order chi connectivity index (χ1) is 22.9. The molecule has 0 saturated heterocycles. The predicted molar refractivity (Wildman–Crippen MR) is 194 cm³/mol. The van der Waals surface area contributed by atoms with Crippen LogP contribution >= 0.6 is 0 Å². The van der Waals surface area contributed by atoms with E-state index in [9.17, 15) is 25.5 Å². The summed E-state index contributed by atoms with van der Waals surface area (Å²) >= 11 is 0. The Morgan fingerprint density at radius 3 is 0.958 bits per heavy atom. The fourth-order valence-electron chi connectivity index (χ4n) is 5.87. The maximum Gasteiger partial charge on any atom is 0.500 e. The number of aliphatic hydroxyl groups is 5. The molecule has 0 radical (unpaired) electrons. The van der Waals surface area contributed by atoms with E-state index in [0.29, 0.717) is 104 Å². The van der Waals surface area contributed by atoms with Crippen molar-refractivity contribution in [3.63, 3.8) is 0 Å². The molecule has 0 saturated carbocycles. The molecule has 0 bridgehead atoms. The Kier molecular flexibility index (Phi) is 29.5. The van der Waals surface area contributed by atoms with Crippen molar-refractivity contribution in [3.8, 4) is 0 Å². The van der Waals surface area contributed by atoms with Crippen LogP contribution in [0.3, 0.4) is 0 Å². The molecular formula is C34H75NO11Si2. The zero-order chi connectivity index (χ0) is 36.3. The summed E-state index contributed by atoms with van der Waals surface area (Å²) in [4.78, 5) is 2.36. The highest BCUT2D eigenvalue weighted by Gasteiger charge is 2.41. The molecule has 5 unspecified atom stereocenters. The lowest BCUT2D eigenvalue weighted by Crippen LogP contribution is -2.47. The van der Waals surface area contributed by atoms with E-state index in [2.05, 4.69) is 4.90 Å². The van der Waals surface area contributed by atoms with Gasteiger partial charge in [0.25, 0.3) is 0 Å². The van der Waals surface area contributed by atoms with Crippen LogP contribution in [0.25, 0.3) is 0 Å². The molecule has 0 aliphatic carbocycles. The first-order valence-electron chi connectivity index (χ1n) is 18.9. The summed E-state index contributed by atoms with van der Waals surface area (Å²) in [5.74, 6) is 0. The van der Waals surface area contributed by atoms with Gasteiger partial charge in [0, 0.05) is 58.3 Å². The molecule has 0 amide bonds. The van der Waals surface area contributed by atoms with Gasteiger partial charge >= 0.3 is 17.6 Å². The molecule has 0 aliphatic heterocycles. The first-order valence-corrected chi connectivity index (χ1v) is 22.8. The van der Waals surface area contributed by atoms with Gasteiger partial charge in [-0.25, -0.2) is 0 Å². The van der Waals surface area contributed by atoms with Gasteiger partial charge in [0.05, 0.1) is 30.5 Å². The molecule has 0 heterocycles. The highest BCUT2D eigenvalue weighted by atomic mass is 28.4. The molecular weight excluding hydrogens is 655 g/mol. The van der Waals surface area contributed by atoms with E-state index in [1.807, 2.05) is 41.5 Å². The van der Waals surface area contributed by atoms with Gasteiger partial charge < -0.3 is 57.0 Å². The van der Waals surface area contributed by atoms with E-state index in [0.717, 1.165) is 38.0 Å². The summed E-state index contributed by atoms with van der Waals surface area (Å²) in [5.41, 5.74) is 0. The van der Waals surface area contributed by atoms with Crippen LogP contribution in [-0.4, -0.2) is 138 Å². The third-order valence-corrected chi connectivity index (χ3v) is 14.6. The molecule has 12 nitrogen and oxygen atoms in total. The van der Waals surface area contributed by atoms with Crippen LogP contribution in [0.15, 0.2) is 0 Å². The minimum Gasteiger partial charge on any atom is -0.393 e. The molecule has 14 heteroatoms. The van der Waals surface area contributed by atoms with E-state index < -0.39 is 48.1 Å². The molecule has 0 rings (SSSR count). The van der Waals surface area contributed by atoms with Gasteiger partial charge in [-0.3, -0.25) is 0 Å². The molecule has 0 aromatic heterocycles. The van der Waals surface area contributed by atoms with Crippen molar-refractivity contribution in [1.29, 1.82) is 0 Å². The van der Waals surface area contributed by atoms with Crippen LogP contribution in [0.5, 0.6) is 0 Å². The fraction of sp³-hybridized carbons (Fsp3) is 1.00. The Hall–Kier alpha value is -0.0462. The summed E-state index contributed by atoms with van der Waals surface area (Å²) < 4.78 is 36.4. The molecule has 0 aromatic rings. The largest absolute Gasteiger partial charge is 0.500 e. The second kappa shape index (κ2) is 29.5. The van der Waals surface area contributed by atoms with Crippen LogP contribution in [0.4, 0.5) is 0 Å². The topological polar surface area (TPSA) is 160 Å². The third-order valence-electron chi connectivity index (χ3n) is 8.30. The highest BCUT2D eigenvalue weighted by molar-refractivity contribution is 6.61. The molecule has 5 atom stereocenters. The van der Waals surface area contributed by atoms with Crippen LogP contribution in [-0.2, 0) is 26.6 Å². The van der Waals surface area contributed by atoms with Crippen molar-refractivity contribution >= 4 is 17.6 Å². The second-order valence-corrected chi connectivity index (χ2v) is 18.0. The molecule has 0 aromatic carbocycles. The van der Waals surface area contributed by atoms with E-state index in [4.69, 9.17) is 26.6 Å². The molecule has 0 aliphatic rings. The average Bonchev–Trinajstić information content (AvgIpc) is 3.03. The van der Waals surface area contributed by atoms with Crippen molar-refractivity contribution in [1.82, 2.24) is 4.90 Å². The van der Waals surface area contributed by atoms with E-state index in [-0.39, 0.29) is 0 Å². The van der Waals surface area contributed by atoms with Gasteiger partial charge in [-0.15, -0.1) is 0 Å². The monoisotopic (exact) mass is 729 g/mol. The maximum absolute atomic E-state index is 10.8. The molecule has 5 N–H and O–H groups in total. The summed E-state index contributed by atoms with van der Waals surface area (Å²) in [6.45, 7) is 19.0. The third kappa shape index (κ3) is 23.4. The first kappa shape index (κ1) is 48.0. The van der Waals surface area contributed by atoms with Crippen LogP contribution in [0.2, 0.25) is 12.1 Å². The summed E-state index contributed by atoms with van der Waals surface area (Å²) in [6.07, 6.45) is 3.32. The van der Waals surface area contributed by atoms with Gasteiger partial charge in [-0.2, -0.15) is 0 Å². The number of rotatable bonds is 35. The lowest BCUT2D eigenvalue weighted by atomic mass is 9.99. The lowest BCUT2D eigenvalue weighted by Gasteiger charge is -2.31. The average molecular weight is 730 g/mol. The Morgan fingerprint density at radius 2 is 0.688 bits per heavy atom. The second-order valence-electron chi connectivity index (χ2n) is 12.6. The smallest absolute Gasteiger partial charge is 0.393 e. The number of nitrogens with zero attached hydrogens (tertiary/aromatic N) is 1. The normalized spacial score (nSPS) is 15.9. The zero-order valence-electron chi connectivity index (χ0n) is 31.6. The Bertz CT molecular complexity index is 663. The SMILES string of the molecule is CCO[Si](CCCN(CCC[Si](OCC)(OCC)OCC)CCC(O)CCC(O)CCC(O)CCC(O)CCC(C)O)(OCC)OCC. The lowest BCUT2D eigenvalue weighted by molar-refractivity contribution is 0.0654. The molecule has 290 valence electrons. The zero-order valence-corrected chi connectivity index (χ0v) is 33.6. The summed E-state index contributed by atoms with van der Waals surface area (Å²) in [6, 6.07) is 1.44. The Morgan fingerprint density at radius 1 is 0.417 bits per heavy atom.